The van der Waals surface area contributed by atoms with E-state index in [4.69, 9.17) is 4.98 Å². The third-order valence-corrected chi connectivity index (χ3v) is 6.24. The molecule has 2 aromatic carbocycles. The maximum atomic E-state index is 13.0. The largest absolute Gasteiger partial charge is 0.342 e. The first-order valence-corrected chi connectivity index (χ1v) is 11.0. The summed E-state index contributed by atoms with van der Waals surface area (Å²) in [6.07, 6.45) is 0.399. The highest BCUT2D eigenvalue weighted by molar-refractivity contribution is 5.97. The Labute approximate surface area is 183 Å². The van der Waals surface area contributed by atoms with Gasteiger partial charge < -0.3 is 14.4 Å². The Bertz CT molecular complexity index is 1130. The van der Waals surface area contributed by atoms with E-state index in [0.717, 1.165) is 33.7 Å². The Kier molecular flexibility index (Phi) is 5.81. The highest BCUT2D eigenvalue weighted by Crippen LogP contribution is 2.34. The number of fused-ring (bicyclic) bond motifs is 1. The zero-order valence-electron chi connectivity index (χ0n) is 18.8. The van der Waals surface area contributed by atoms with Gasteiger partial charge in [0, 0.05) is 37.7 Å². The summed E-state index contributed by atoms with van der Waals surface area (Å²) in [7, 11) is 0. The number of hydrogen-bond donors (Lipinski definition) is 0. The summed E-state index contributed by atoms with van der Waals surface area (Å²) >= 11 is 0. The van der Waals surface area contributed by atoms with Crippen LogP contribution in [0.25, 0.3) is 11.0 Å². The van der Waals surface area contributed by atoms with Gasteiger partial charge in [-0.2, -0.15) is 0 Å². The van der Waals surface area contributed by atoms with Crippen molar-refractivity contribution in [2.24, 2.45) is 0 Å². The summed E-state index contributed by atoms with van der Waals surface area (Å²) in [6, 6.07) is 14.1. The number of benzene rings is 2. The van der Waals surface area contributed by atoms with E-state index in [1.165, 1.54) is 0 Å². The van der Waals surface area contributed by atoms with Crippen LogP contribution in [0.2, 0.25) is 0 Å². The highest BCUT2D eigenvalue weighted by atomic mass is 16.2. The minimum absolute atomic E-state index is 0.0516. The SMILES string of the molecule is CCN(CC)C(=O)Cn1c(C2CC(=O)N(c3cc(C)ccc3C)C2)nc2ccccc21. The monoisotopic (exact) mass is 418 g/mol. The van der Waals surface area contributed by atoms with E-state index in [-0.39, 0.29) is 24.3 Å². The van der Waals surface area contributed by atoms with E-state index in [0.29, 0.717) is 26.1 Å². The van der Waals surface area contributed by atoms with Gasteiger partial charge in [0.2, 0.25) is 11.8 Å². The molecular formula is C25H30N4O2. The topological polar surface area (TPSA) is 58.4 Å². The summed E-state index contributed by atoms with van der Waals surface area (Å²) in [6.45, 7) is 10.2. The van der Waals surface area contributed by atoms with E-state index in [2.05, 4.69) is 18.2 Å². The number of anilines is 1. The van der Waals surface area contributed by atoms with Crippen molar-refractivity contribution in [3.63, 3.8) is 0 Å². The average Bonchev–Trinajstić information content (AvgIpc) is 3.31. The average molecular weight is 419 g/mol. The molecule has 162 valence electrons. The number of amides is 2. The summed E-state index contributed by atoms with van der Waals surface area (Å²) in [5.41, 5.74) is 4.99. The Morgan fingerprint density at radius 2 is 1.87 bits per heavy atom. The van der Waals surface area contributed by atoms with Crippen LogP contribution in [0.1, 0.15) is 43.1 Å². The lowest BCUT2D eigenvalue weighted by molar-refractivity contribution is -0.131. The van der Waals surface area contributed by atoms with Gasteiger partial charge in [0.1, 0.15) is 12.4 Å². The van der Waals surface area contributed by atoms with E-state index in [1.54, 1.807) is 0 Å². The van der Waals surface area contributed by atoms with Crippen LogP contribution < -0.4 is 4.90 Å². The molecule has 1 saturated heterocycles. The lowest BCUT2D eigenvalue weighted by Gasteiger charge is -2.21. The fourth-order valence-corrected chi connectivity index (χ4v) is 4.51. The summed E-state index contributed by atoms with van der Waals surface area (Å²) in [5, 5.41) is 0. The Morgan fingerprint density at radius 1 is 1.13 bits per heavy atom. The lowest BCUT2D eigenvalue weighted by atomic mass is 10.1. The molecule has 1 aromatic heterocycles. The number of carbonyl (C=O) groups excluding carboxylic acids is 2. The molecule has 2 heterocycles. The van der Waals surface area contributed by atoms with Gasteiger partial charge in [-0.3, -0.25) is 9.59 Å². The molecule has 31 heavy (non-hydrogen) atoms. The normalized spacial score (nSPS) is 16.3. The van der Waals surface area contributed by atoms with Crippen molar-refractivity contribution in [3.05, 3.63) is 59.4 Å². The molecule has 1 atom stereocenters. The number of hydrogen-bond acceptors (Lipinski definition) is 3. The van der Waals surface area contributed by atoms with E-state index < -0.39 is 0 Å². The number of likely N-dealkylation sites (N-methyl/N-ethyl adjacent to an activating group) is 1. The molecule has 6 heteroatoms. The van der Waals surface area contributed by atoms with Crippen LogP contribution in [-0.4, -0.2) is 45.9 Å². The van der Waals surface area contributed by atoms with Crippen LogP contribution in [0.3, 0.4) is 0 Å². The van der Waals surface area contributed by atoms with Crippen molar-refractivity contribution in [2.45, 2.75) is 46.6 Å². The van der Waals surface area contributed by atoms with Crippen molar-refractivity contribution in [1.82, 2.24) is 14.5 Å². The Balaban J connectivity index is 1.70. The van der Waals surface area contributed by atoms with E-state index in [1.807, 2.05) is 66.3 Å². The maximum Gasteiger partial charge on any atom is 0.242 e. The molecule has 0 N–H and O–H groups in total. The number of imidazole rings is 1. The van der Waals surface area contributed by atoms with Crippen molar-refractivity contribution in [3.8, 4) is 0 Å². The van der Waals surface area contributed by atoms with Crippen LogP contribution in [0.4, 0.5) is 5.69 Å². The van der Waals surface area contributed by atoms with Crippen molar-refractivity contribution in [2.75, 3.05) is 24.5 Å². The lowest BCUT2D eigenvalue weighted by Crippen LogP contribution is -2.34. The molecule has 6 nitrogen and oxygen atoms in total. The molecule has 4 rings (SSSR count). The van der Waals surface area contributed by atoms with Gasteiger partial charge in [-0.05, 0) is 57.0 Å². The molecule has 3 aromatic rings. The van der Waals surface area contributed by atoms with Gasteiger partial charge in [-0.15, -0.1) is 0 Å². The molecule has 2 amide bonds. The highest BCUT2D eigenvalue weighted by Gasteiger charge is 2.35. The quantitative estimate of drug-likeness (QED) is 0.607. The minimum atomic E-state index is -0.0516. The fraction of sp³-hybridized carbons (Fsp3) is 0.400. The molecule has 1 aliphatic rings. The van der Waals surface area contributed by atoms with Crippen LogP contribution in [0, 0.1) is 13.8 Å². The predicted octanol–water partition coefficient (Wildman–Crippen LogP) is 4.04. The maximum absolute atomic E-state index is 13.0. The zero-order valence-corrected chi connectivity index (χ0v) is 18.8. The number of carbonyl (C=O) groups is 2. The number of aryl methyl sites for hydroxylation is 2. The van der Waals surface area contributed by atoms with Gasteiger partial charge in [-0.1, -0.05) is 24.3 Å². The molecule has 0 saturated carbocycles. The summed E-state index contributed by atoms with van der Waals surface area (Å²) in [4.78, 5) is 34.5. The molecule has 0 aliphatic carbocycles. The Morgan fingerprint density at radius 3 is 2.61 bits per heavy atom. The number of para-hydroxylation sites is 2. The predicted molar refractivity (Wildman–Crippen MR) is 123 cm³/mol. The third-order valence-electron chi connectivity index (χ3n) is 6.24. The molecule has 1 fully saturated rings. The number of rotatable bonds is 6. The first-order chi connectivity index (χ1) is 14.9. The summed E-state index contributed by atoms with van der Waals surface area (Å²) < 4.78 is 2.01. The molecular weight excluding hydrogens is 388 g/mol. The van der Waals surface area contributed by atoms with E-state index in [9.17, 15) is 9.59 Å². The van der Waals surface area contributed by atoms with E-state index >= 15 is 0 Å². The third kappa shape index (κ3) is 3.94. The van der Waals surface area contributed by atoms with Gasteiger partial charge in [0.05, 0.1) is 11.0 Å². The molecule has 0 spiro atoms. The van der Waals surface area contributed by atoms with Crippen LogP contribution in [0.5, 0.6) is 0 Å². The molecule has 0 radical (unpaired) electrons. The second-order valence-corrected chi connectivity index (χ2v) is 8.31. The number of aromatic nitrogens is 2. The second kappa shape index (κ2) is 8.53. The molecule has 1 aliphatic heterocycles. The smallest absolute Gasteiger partial charge is 0.242 e. The first-order valence-electron chi connectivity index (χ1n) is 11.0. The molecule has 0 bridgehead atoms. The zero-order chi connectivity index (χ0) is 22.1. The number of nitrogens with zero attached hydrogens (tertiary/aromatic N) is 4. The van der Waals surface area contributed by atoms with Crippen molar-refractivity contribution in [1.29, 1.82) is 0 Å². The van der Waals surface area contributed by atoms with Crippen molar-refractivity contribution < 1.29 is 9.59 Å². The van der Waals surface area contributed by atoms with Gasteiger partial charge >= 0.3 is 0 Å². The summed E-state index contributed by atoms with van der Waals surface area (Å²) in [5.74, 6) is 0.949. The fourth-order valence-electron chi connectivity index (χ4n) is 4.51. The van der Waals surface area contributed by atoms with Gasteiger partial charge in [0.15, 0.2) is 0 Å². The van der Waals surface area contributed by atoms with Gasteiger partial charge in [0.25, 0.3) is 0 Å². The van der Waals surface area contributed by atoms with Gasteiger partial charge in [-0.25, -0.2) is 4.98 Å². The van der Waals surface area contributed by atoms with Crippen LogP contribution in [0.15, 0.2) is 42.5 Å². The van der Waals surface area contributed by atoms with Crippen LogP contribution in [-0.2, 0) is 16.1 Å². The van der Waals surface area contributed by atoms with Crippen molar-refractivity contribution >= 4 is 28.5 Å². The Hall–Kier alpha value is -3.15. The minimum Gasteiger partial charge on any atom is -0.342 e. The molecule has 1 unspecified atom stereocenters. The van der Waals surface area contributed by atoms with Crippen LogP contribution >= 0.6 is 0 Å². The standard InChI is InChI=1S/C25H30N4O2/c1-5-27(6-2)24(31)16-29-21-10-8-7-9-20(21)26-25(29)19-14-23(30)28(15-19)22-13-17(3)11-12-18(22)4/h7-13,19H,5-6,14-16H2,1-4H3. The first kappa shape index (κ1) is 21.1. The second-order valence-electron chi connectivity index (χ2n) is 8.31.